The molecule has 0 saturated carbocycles. The molecule has 0 saturated heterocycles. The van der Waals surface area contributed by atoms with Gasteiger partial charge in [-0.15, -0.1) is 0 Å². The lowest BCUT2D eigenvalue weighted by Crippen LogP contribution is -2.36. The minimum absolute atomic E-state index is 0.0873. The lowest BCUT2D eigenvalue weighted by molar-refractivity contribution is -0.116. The molecule has 0 aliphatic heterocycles. The molecule has 0 aliphatic rings. The highest BCUT2D eigenvalue weighted by molar-refractivity contribution is 7.92. The molecule has 0 fully saturated rings. The van der Waals surface area contributed by atoms with E-state index >= 15 is 0 Å². The Bertz CT molecular complexity index is 820. The summed E-state index contributed by atoms with van der Waals surface area (Å²) in [4.78, 5) is 14.0. The van der Waals surface area contributed by atoms with Crippen molar-refractivity contribution in [2.75, 3.05) is 16.4 Å². The first-order valence-electron chi connectivity index (χ1n) is 7.32. The Morgan fingerprint density at radius 1 is 1.04 bits per heavy atom. The van der Waals surface area contributed by atoms with Gasteiger partial charge in [-0.1, -0.05) is 54.4 Å². The van der Waals surface area contributed by atoms with Crippen molar-refractivity contribution in [2.45, 2.75) is 13.5 Å². The third-order valence-electron chi connectivity index (χ3n) is 3.48. The van der Waals surface area contributed by atoms with E-state index in [1.807, 2.05) is 0 Å². The fourth-order valence-electron chi connectivity index (χ4n) is 2.12. The highest BCUT2D eigenvalue weighted by atomic mass is 35.5. The van der Waals surface area contributed by atoms with Crippen molar-refractivity contribution in [3.8, 4) is 0 Å². The summed E-state index contributed by atoms with van der Waals surface area (Å²) in [5, 5.41) is 0.969. The number of anilines is 1. The van der Waals surface area contributed by atoms with Crippen LogP contribution in [0, 0.1) is 0 Å². The van der Waals surface area contributed by atoms with E-state index in [1.54, 1.807) is 48.5 Å². The predicted octanol–water partition coefficient (Wildman–Crippen LogP) is 3.96. The Balaban J connectivity index is 2.36. The van der Waals surface area contributed by atoms with Crippen molar-refractivity contribution in [1.82, 2.24) is 0 Å². The van der Waals surface area contributed by atoms with Gasteiger partial charge >= 0.3 is 0 Å². The Morgan fingerprint density at radius 2 is 1.67 bits per heavy atom. The molecule has 0 bridgehead atoms. The molecule has 2 rings (SSSR count). The number of rotatable bonds is 6. The lowest BCUT2D eigenvalue weighted by atomic mass is 10.2. The third kappa shape index (κ3) is 4.97. The number of nitrogens with zero attached hydrogens (tertiary/aromatic N) is 1. The maximum atomic E-state index is 12.6. The van der Waals surface area contributed by atoms with E-state index in [0.29, 0.717) is 15.7 Å². The minimum Gasteiger partial charge on any atom is -0.306 e. The van der Waals surface area contributed by atoms with Gasteiger partial charge in [-0.3, -0.25) is 4.79 Å². The second-order valence-corrected chi connectivity index (χ2v) is 8.43. The number of sulfone groups is 1. The maximum Gasteiger partial charge on any atom is 0.242 e. The van der Waals surface area contributed by atoms with Crippen LogP contribution in [-0.2, 0) is 21.2 Å². The van der Waals surface area contributed by atoms with Crippen LogP contribution < -0.4 is 4.90 Å². The highest BCUT2D eigenvalue weighted by Gasteiger charge is 2.23. The zero-order valence-electron chi connectivity index (χ0n) is 13.1. The number of halogens is 2. The molecule has 2 aromatic carbocycles. The largest absolute Gasteiger partial charge is 0.306 e. The van der Waals surface area contributed by atoms with Crippen molar-refractivity contribution in [2.24, 2.45) is 0 Å². The molecule has 2 aromatic rings. The molecule has 0 atom stereocenters. The summed E-state index contributed by atoms with van der Waals surface area (Å²) in [6, 6.07) is 13.9. The average molecular weight is 386 g/mol. The number of para-hydroxylation sites is 1. The molecule has 4 nitrogen and oxygen atoms in total. The van der Waals surface area contributed by atoms with Crippen LogP contribution >= 0.6 is 23.2 Å². The van der Waals surface area contributed by atoms with E-state index in [0.717, 1.165) is 5.56 Å². The summed E-state index contributed by atoms with van der Waals surface area (Å²) >= 11 is 12.1. The highest BCUT2D eigenvalue weighted by Crippen LogP contribution is 2.27. The topological polar surface area (TPSA) is 54.5 Å². The van der Waals surface area contributed by atoms with E-state index in [-0.39, 0.29) is 12.3 Å². The number of hydrogen-bond donors (Lipinski definition) is 0. The van der Waals surface area contributed by atoms with Crippen LogP contribution in [0.4, 0.5) is 5.69 Å². The number of hydrogen-bond acceptors (Lipinski definition) is 3. The van der Waals surface area contributed by atoms with Gasteiger partial charge in [0, 0.05) is 10.8 Å². The third-order valence-corrected chi connectivity index (χ3v) is 5.62. The molecule has 7 heteroatoms. The fraction of sp³-hybridized carbons (Fsp3) is 0.235. The molecule has 0 spiro atoms. The molecule has 0 radical (unpaired) electrons. The molecular formula is C17H17Cl2NO3S. The van der Waals surface area contributed by atoms with Gasteiger partial charge in [-0.2, -0.15) is 0 Å². The maximum absolute atomic E-state index is 12.6. The van der Waals surface area contributed by atoms with Gasteiger partial charge in [-0.05, 0) is 29.8 Å². The number of carbonyl (C=O) groups is 1. The predicted molar refractivity (Wildman–Crippen MR) is 98.4 cm³/mol. The molecule has 0 aliphatic carbocycles. The summed E-state index contributed by atoms with van der Waals surface area (Å²) in [6.07, 6.45) is 0. The van der Waals surface area contributed by atoms with Crippen molar-refractivity contribution < 1.29 is 13.2 Å². The van der Waals surface area contributed by atoms with Gasteiger partial charge in [0.05, 0.1) is 17.3 Å². The van der Waals surface area contributed by atoms with Gasteiger partial charge in [0.15, 0.2) is 9.84 Å². The second kappa shape index (κ2) is 8.01. The number of carbonyl (C=O) groups excluding carboxylic acids is 1. The van der Waals surface area contributed by atoms with Crippen LogP contribution in [-0.4, -0.2) is 25.8 Å². The quantitative estimate of drug-likeness (QED) is 0.755. The summed E-state index contributed by atoms with van der Waals surface area (Å²) in [5.41, 5.74) is 1.30. The number of amides is 1. The summed E-state index contributed by atoms with van der Waals surface area (Å²) in [5.74, 6) is -1.15. The fourth-order valence-corrected chi connectivity index (χ4v) is 3.22. The smallest absolute Gasteiger partial charge is 0.242 e. The Labute approximate surface area is 151 Å². The van der Waals surface area contributed by atoms with Gasteiger partial charge in [0.1, 0.15) is 5.75 Å². The summed E-state index contributed by atoms with van der Waals surface area (Å²) in [6.45, 7) is 1.72. The van der Waals surface area contributed by atoms with E-state index in [1.165, 1.54) is 11.8 Å². The van der Waals surface area contributed by atoms with Crippen LogP contribution in [0.3, 0.4) is 0 Å². The first-order chi connectivity index (χ1) is 11.3. The van der Waals surface area contributed by atoms with Gasteiger partial charge < -0.3 is 4.90 Å². The van der Waals surface area contributed by atoms with Crippen molar-refractivity contribution in [3.05, 3.63) is 64.1 Å². The van der Waals surface area contributed by atoms with Crippen LogP contribution in [0.25, 0.3) is 0 Å². The zero-order valence-corrected chi connectivity index (χ0v) is 15.4. The molecule has 0 N–H and O–H groups in total. The van der Waals surface area contributed by atoms with Gasteiger partial charge in [-0.25, -0.2) is 8.42 Å². The first kappa shape index (κ1) is 18.8. The van der Waals surface area contributed by atoms with Gasteiger partial charge in [0.2, 0.25) is 5.91 Å². The monoisotopic (exact) mass is 385 g/mol. The van der Waals surface area contributed by atoms with Crippen LogP contribution in [0.1, 0.15) is 12.5 Å². The standard InChI is InChI=1S/C17H17Cl2NO3S/c1-2-24(22,23)12-17(21)20(16-6-4-3-5-15(16)19)11-13-7-9-14(18)10-8-13/h3-10H,2,11-12H2,1H3. The summed E-state index contributed by atoms with van der Waals surface area (Å²) < 4.78 is 23.7. The average Bonchev–Trinajstić information content (AvgIpc) is 2.55. The van der Waals surface area contributed by atoms with Crippen molar-refractivity contribution in [3.63, 3.8) is 0 Å². The number of benzene rings is 2. The summed E-state index contributed by atoms with van der Waals surface area (Å²) in [7, 11) is -3.44. The first-order valence-corrected chi connectivity index (χ1v) is 9.90. The molecule has 1 amide bonds. The Morgan fingerprint density at radius 3 is 2.25 bits per heavy atom. The Hall–Kier alpha value is -1.56. The van der Waals surface area contributed by atoms with Crippen LogP contribution in [0.5, 0.6) is 0 Å². The SMILES string of the molecule is CCS(=O)(=O)CC(=O)N(Cc1ccc(Cl)cc1)c1ccccc1Cl. The van der Waals surface area contributed by atoms with Crippen LogP contribution in [0.2, 0.25) is 10.0 Å². The normalized spacial score (nSPS) is 11.3. The van der Waals surface area contributed by atoms with Crippen LogP contribution in [0.15, 0.2) is 48.5 Å². The van der Waals surface area contributed by atoms with E-state index in [2.05, 4.69) is 0 Å². The van der Waals surface area contributed by atoms with E-state index in [4.69, 9.17) is 23.2 Å². The second-order valence-electron chi connectivity index (χ2n) is 5.23. The van der Waals surface area contributed by atoms with E-state index < -0.39 is 21.5 Å². The molecule has 0 aromatic heterocycles. The Kier molecular flexibility index (Phi) is 6.27. The molecule has 128 valence electrons. The van der Waals surface area contributed by atoms with E-state index in [9.17, 15) is 13.2 Å². The molecule has 0 unspecified atom stereocenters. The molecule has 0 heterocycles. The molecule has 24 heavy (non-hydrogen) atoms. The van der Waals surface area contributed by atoms with Crippen molar-refractivity contribution in [1.29, 1.82) is 0 Å². The molecular weight excluding hydrogens is 369 g/mol. The van der Waals surface area contributed by atoms with Gasteiger partial charge in [0.25, 0.3) is 0 Å². The zero-order chi connectivity index (χ0) is 17.7. The minimum atomic E-state index is -3.44. The van der Waals surface area contributed by atoms with Crippen molar-refractivity contribution >= 4 is 44.6 Å². The lowest BCUT2D eigenvalue weighted by Gasteiger charge is -2.24.